The number of benzene rings is 5. The van der Waals surface area contributed by atoms with Crippen molar-refractivity contribution < 1.29 is 40.6 Å². The van der Waals surface area contributed by atoms with Gasteiger partial charge >= 0.3 is 34.5 Å². The highest BCUT2D eigenvalue weighted by Crippen LogP contribution is 2.50. The predicted octanol–water partition coefficient (Wildman–Crippen LogP) is 18.0. The van der Waals surface area contributed by atoms with Crippen LogP contribution < -0.4 is 32.0 Å². The number of esters is 2. The van der Waals surface area contributed by atoms with Crippen LogP contribution in [0.25, 0.3) is 17.0 Å². The maximum Gasteiger partial charge on any atom is 0.347 e. The van der Waals surface area contributed by atoms with Crippen LogP contribution in [-0.2, 0) is 22.5 Å². The van der Waals surface area contributed by atoms with Gasteiger partial charge in [0.05, 0.1) is 69.3 Å². The fourth-order valence-electron chi connectivity index (χ4n) is 6.86. The summed E-state index contributed by atoms with van der Waals surface area (Å²) in [7, 11) is 0. The molecule has 2 atom stereocenters. The van der Waals surface area contributed by atoms with Gasteiger partial charge in [0.1, 0.15) is 25.7 Å². The Morgan fingerprint density at radius 3 is 1.70 bits per heavy atom. The Balaban J connectivity index is 1.16. The number of H-pyrrole nitrogens is 1. The fraction of sp³-hybridized carbons (Fsp3) is 0.234. The first-order valence-electron chi connectivity index (χ1n) is 22.1. The van der Waals surface area contributed by atoms with Crippen LogP contribution in [0.5, 0.6) is 28.7 Å². The molecule has 0 bridgehead atoms. The smallest absolute Gasteiger partial charge is 0.347 e. The average molecular weight is 1320 g/mol. The second kappa shape index (κ2) is 26.6. The first-order chi connectivity index (χ1) is 36.1. The van der Waals surface area contributed by atoms with E-state index in [-0.39, 0.29) is 101 Å². The lowest BCUT2D eigenvalue weighted by Crippen LogP contribution is -2.17. The van der Waals surface area contributed by atoms with Crippen LogP contribution in [0.3, 0.4) is 0 Å². The third-order valence-corrected chi connectivity index (χ3v) is 17.2. The van der Waals surface area contributed by atoms with Gasteiger partial charge in [-0.05, 0) is 54.8 Å². The van der Waals surface area contributed by atoms with Crippen molar-refractivity contribution in [3.05, 3.63) is 132 Å². The van der Waals surface area contributed by atoms with E-state index in [1.165, 1.54) is 30.3 Å². The molecular formula is C47H36Cl12N6O9S2. The third-order valence-electron chi connectivity index (χ3n) is 10.7. The van der Waals surface area contributed by atoms with Crippen molar-refractivity contribution in [3.8, 4) is 40.1 Å². The Labute approximate surface area is 499 Å². The van der Waals surface area contributed by atoms with Gasteiger partial charge in [0.2, 0.25) is 0 Å². The summed E-state index contributed by atoms with van der Waals surface area (Å²) in [4.78, 5) is 27.5. The molecule has 0 fully saturated rings. The minimum absolute atomic E-state index is 0.0572. The molecule has 0 radical (unpaired) electrons. The molecule has 5 aromatic carbocycles. The van der Waals surface area contributed by atoms with Crippen molar-refractivity contribution in [2.45, 2.75) is 65.2 Å². The number of nitrogens with zero attached hydrogens (tertiary/aromatic N) is 3. The van der Waals surface area contributed by atoms with E-state index >= 15 is 0 Å². The number of ether oxygens (including phenoxy) is 3. The zero-order valence-electron chi connectivity index (χ0n) is 39.1. The van der Waals surface area contributed by atoms with Crippen LogP contribution in [-0.4, -0.2) is 46.8 Å². The van der Waals surface area contributed by atoms with E-state index in [0.29, 0.717) is 23.5 Å². The largest absolute Gasteiger partial charge is 0.490 e. The molecule has 7 aromatic rings. The minimum Gasteiger partial charge on any atom is -0.490 e. The molecular weight excluding hydrogens is 1280 g/mol. The maximum atomic E-state index is 13.9. The summed E-state index contributed by atoms with van der Waals surface area (Å²) in [5, 5.41) is 9.10. The number of aromatic amines is 1. The lowest BCUT2D eigenvalue weighted by molar-refractivity contribution is 0.0719. The van der Waals surface area contributed by atoms with Crippen LogP contribution in [0.4, 0.5) is 11.4 Å². The molecule has 2 heterocycles. The van der Waals surface area contributed by atoms with Crippen molar-refractivity contribution in [2.75, 3.05) is 16.1 Å². The molecule has 76 heavy (non-hydrogen) atoms. The lowest BCUT2D eigenvalue weighted by atomic mass is 10.1. The summed E-state index contributed by atoms with van der Waals surface area (Å²) < 4.78 is 63.3. The van der Waals surface area contributed by atoms with Gasteiger partial charge in [0.15, 0.2) is 40.2 Å². The number of aromatic nitrogens is 4. The Kier molecular flexibility index (Phi) is 21.1. The summed E-state index contributed by atoms with van der Waals surface area (Å²) in [6.45, 7) is 6.47. The van der Waals surface area contributed by atoms with Crippen LogP contribution in [0.2, 0.25) is 60.3 Å². The molecule has 7 rings (SSSR count). The third kappa shape index (κ3) is 13.9. The van der Waals surface area contributed by atoms with E-state index in [0.717, 1.165) is 56.0 Å². The number of unbranched alkanes of at least 4 members (excludes halogenated alkanes) is 5. The van der Waals surface area contributed by atoms with Gasteiger partial charge in [-0.2, -0.15) is 8.42 Å². The number of anilines is 2. The number of hydrogen-bond donors (Lipinski definition) is 3. The molecule has 0 saturated carbocycles. The van der Waals surface area contributed by atoms with E-state index in [9.17, 15) is 18.0 Å². The fourth-order valence-corrected chi connectivity index (χ4v) is 11.2. The Morgan fingerprint density at radius 2 is 1.12 bits per heavy atom. The molecule has 0 saturated heterocycles. The summed E-state index contributed by atoms with van der Waals surface area (Å²) in [5.74, 6) is -3.21. The van der Waals surface area contributed by atoms with Crippen LogP contribution in [0.1, 0.15) is 91.6 Å². The first-order valence-corrected chi connectivity index (χ1v) is 28.8. The number of carbonyl (C=O) groups excluding carboxylic acids is 2. The lowest BCUT2D eigenvalue weighted by Gasteiger charge is -2.16. The van der Waals surface area contributed by atoms with E-state index in [1.54, 1.807) is 4.52 Å². The molecule has 0 aliphatic carbocycles. The van der Waals surface area contributed by atoms with Crippen molar-refractivity contribution in [2.24, 2.45) is 0 Å². The number of carbonyl (C=O) groups is 2. The van der Waals surface area contributed by atoms with E-state index < -0.39 is 57.3 Å². The van der Waals surface area contributed by atoms with Gasteiger partial charge in [-0.1, -0.05) is 192 Å². The normalized spacial score (nSPS) is 12.2. The van der Waals surface area contributed by atoms with Crippen molar-refractivity contribution in [3.63, 3.8) is 0 Å². The number of hydrogen-bond acceptors (Lipinski definition) is 11. The molecule has 2 aromatic heterocycles. The second-order valence-electron chi connectivity index (χ2n) is 16.3. The minimum atomic E-state index is -2.64. The van der Waals surface area contributed by atoms with Crippen LogP contribution in [0, 0.1) is 0 Å². The van der Waals surface area contributed by atoms with Gasteiger partial charge in [0.25, 0.3) is 0 Å². The Bertz CT molecular complexity index is 3360. The number of rotatable bonds is 22. The summed E-state index contributed by atoms with van der Waals surface area (Å²) in [5.41, 5.74) is 1.35. The van der Waals surface area contributed by atoms with Crippen molar-refractivity contribution in [1.29, 1.82) is 0 Å². The molecule has 15 nitrogen and oxygen atoms in total. The van der Waals surface area contributed by atoms with Crippen molar-refractivity contribution in [1.82, 2.24) is 19.8 Å². The molecule has 0 spiro atoms. The van der Waals surface area contributed by atoms with Crippen LogP contribution >= 0.6 is 139 Å². The SMILES string of the molecule is CCCCCCCCOc1ccc(NS(=O)Oc2cc(C(=O)Oc3c(Cl)c(Cl)c(Cl)c(Cl)c3Cl)ccc2C(=O)Oc2c(Cl)c(Cl)c(Cl)c(Cl)c2Cl)cc1OS(=O)Nc1cc(Cl)c(-c2nnc3cc(C(C)C)[nH]n23)c(Cl)c1. The molecule has 3 N–H and O–H groups in total. The zero-order valence-corrected chi connectivity index (χ0v) is 49.8. The second-order valence-corrected chi connectivity index (χ2v) is 22.6. The highest BCUT2D eigenvalue weighted by Gasteiger charge is 2.29. The monoisotopic (exact) mass is 1310 g/mol. The number of nitrogens with one attached hydrogen (secondary N) is 3. The summed E-state index contributed by atoms with van der Waals surface area (Å²) >= 11 is 70.9. The highest BCUT2D eigenvalue weighted by atomic mass is 35.5. The molecule has 0 aliphatic rings. The highest BCUT2D eigenvalue weighted by molar-refractivity contribution is 7.82. The molecule has 0 aliphatic heterocycles. The number of halogens is 12. The standard InChI is InChI=1S/C47H36Cl12N6O9S2/c1-4-5-6-7-8-9-14-70-28-13-11-22(18-30(28)74-76(69)64-23-16-25(48)32(26(49)17-23)45-61-60-31-19-27(20(2)3)62-65(31)45)63-75(68)73-29-15-21(46(66)71-43-39(56)35(52)33(50)36(53)40(43)57)10-12-24(29)47(67)72-44-41(58)37(54)34(51)38(55)42(44)59/h10-13,15-20,62-64H,4-9,14H2,1-3H3. The van der Waals surface area contributed by atoms with Gasteiger partial charge < -0.3 is 22.6 Å². The van der Waals surface area contributed by atoms with Crippen molar-refractivity contribution >= 4 is 191 Å². The quantitative estimate of drug-likeness (QED) is 0.0193. The maximum absolute atomic E-state index is 13.9. The van der Waals surface area contributed by atoms with Gasteiger partial charge in [-0.15, -0.1) is 10.2 Å². The van der Waals surface area contributed by atoms with E-state index in [1.807, 2.05) is 19.9 Å². The zero-order chi connectivity index (χ0) is 55.3. The molecule has 29 heteroatoms. The topological polar surface area (TPSA) is 184 Å². The Hall–Kier alpha value is -3.50. The Morgan fingerprint density at radius 1 is 0.592 bits per heavy atom. The molecule has 0 amide bonds. The molecule has 2 unspecified atom stereocenters. The summed E-state index contributed by atoms with van der Waals surface area (Å²) in [6.07, 6.45) is 5.93. The van der Waals surface area contributed by atoms with Gasteiger partial charge in [-0.25, -0.2) is 14.1 Å². The first kappa shape index (κ1) is 60.1. The summed E-state index contributed by atoms with van der Waals surface area (Å²) in [6, 6.07) is 12.3. The average Bonchev–Trinajstić information content (AvgIpc) is 3.99. The van der Waals surface area contributed by atoms with Gasteiger partial charge in [-0.3, -0.25) is 14.5 Å². The van der Waals surface area contributed by atoms with E-state index in [2.05, 4.69) is 31.7 Å². The molecule has 404 valence electrons. The number of fused-ring (bicyclic) bond motifs is 1. The van der Waals surface area contributed by atoms with Gasteiger partial charge in [0, 0.05) is 17.8 Å². The van der Waals surface area contributed by atoms with E-state index in [4.69, 9.17) is 162 Å². The predicted molar refractivity (Wildman–Crippen MR) is 306 cm³/mol. The van der Waals surface area contributed by atoms with Crippen LogP contribution in [0.15, 0.2) is 54.6 Å².